The molecule has 3 fully saturated rings. The van der Waals surface area contributed by atoms with Crippen LogP contribution in [0.5, 0.6) is 0 Å². The Morgan fingerprint density at radius 2 is 2.20 bits per heavy atom. The Balaban J connectivity index is 1.58. The predicted octanol–water partition coefficient (Wildman–Crippen LogP) is 4.42. The van der Waals surface area contributed by atoms with Gasteiger partial charge in [-0.15, -0.1) is 0 Å². The molecule has 0 aliphatic heterocycles. The molecule has 2 aromatic rings. The van der Waals surface area contributed by atoms with E-state index in [9.17, 15) is 9.90 Å². The number of furan rings is 1. The molecule has 0 amide bonds. The highest BCUT2D eigenvalue weighted by Crippen LogP contribution is 2.59. The number of aromatic nitrogens is 1. The van der Waals surface area contributed by atoms with E-state index < -0.39 is 0 Å². The molecule has 3 saturated carbocycles. The van der Waals surface area contributed by atoms with Crippen molar-refractivity contribution in [3.63, 3.8) is 0 Å². The molecule has 2 aromatic heterocycles. The lowest BCUT2D eigenvalue weighted by atomic mass is 9.64. The van der Waals surface area contributed by atoms with Gasteiger partial charge >= 0.3 is 0 Å². The van der Waals surface area contributed by atoms with Gasteiger partial charge in [0.2, 0.25) is 5.78 Å². The zero-order chi connectivity index (χ0) is 17.2. The summed E-state index contributed by atoms with van der Waals surface area (Å²) in [5.74, 6) is 3.00. The maximum atomic E-state index is 13.6. The second-order valence-electron chi connectivity index (χ2n) is 8.65. The summed E-state index contributed by atoms with van der Waals surface area (Å²) in [7, 11) is 0. The van der Waals surface area contributed by atoms with Crippen molar-refractivity contribution in [2.24, 2.45) is 23.2 Å². The number of carbonyl (C=O) groups is 1. The van der Waals surface area contributed by atoms with E-state index in [1.54, 1.807) is 6.20 Å². The highest BCUT2D eigenvalue weighted by molar-refractivity contribution is 6.02. The van der Waals surface area contributed by atoms with Gasteiger partial charge in [0.25, 0.3) is 0 Å². The first-order valence-electron chi connectivity index (χ1n) is 9.63. The Bertz CT molecular complexity index is 854. The summed E-state index contributed by atoms with van der Waals surface area (Å²) in [5.41, 5.74) is 1.93. The smallest absolute Gasteiger partial charge is 0.204 e. The maximum absolute atomic E-state index is 13.6. The Labute approximate surface area is 147 Å². The summed E-state index contributed by atoms with van der Waals surface area (Å²) in [5, 5.41) is 10.4. The van der Waals surface area contributed by atoms with Crippen molar-refractivity contribution in [1.82, 2.24) is 4.98 Å². The number of Topliss-reactive ketones (excluding diaryl/α,β-unsaturated/α-hetero) is 1. The number of fused-ring (bicyclic) bond motifs is 3. The molecule has 0 saturated heterocycles. The van der Waals surface area contributed by atoms with Gasteiger partial charge in [-0.1, -0.05) is 12.8 Å². The molecule has 5 rings (SSSR count). The molecule has 4 atom stereocenters. The van der Waals surface area contributed by atoms with Crippen LogP contribution in [0.3, 0.4) is 0 Å². The average molecular weight is 339 g/mol. The number of pyridine rings is 1. The van der Waals surface area contributed by atoms with Crippen molar-refractivity contribution in [2.45, 2.75) is 58.5 Å². The van der Waals surface area contributed by atoms with Crippen LogP contribution in [0.1, 0.15) is 66.8 Å². The fraction of sp³-hybridized carbons (Fsp3) is 0.619. The third-order valence-electron chi connectivity index (χ3n) is 7.20. The van der Waals surface area contributed by atoms with Crippen LogP contribution >= 0.6 is 0 Å². The fourth-order valence-corrected chi connectivity index (χ4v) is 6.15. The summed E-state index contributed by atoms with van der Waals surface area (Å²) in [6.45, 7) is 1.80. The molecule has 3 aliphatic carbocycles. The van der Waals surface area contributed by atoms with Crippen LogP contribution in [-0.4, -0.2) is 15.9 Å². The van der Waals surface area contributed by atoms with E-state index >= 15 is 0 Å². The molecule has 25 heavy (non-hydrogen) atoms. The Morgan fingerprint density at radius 1 is 1.36 bits per heavy atom. The largest absolute Gasteiger partial charge is 0.451 e. The highest BCUT2D eigenvalue weighted by Gasteiger charge is 2.53. The summed E-state index contributed by atoms with van der Waals surface area (Å²) in [6.07, 6.45) is 9.91. The molecular weight excluding hydrogens is 314 g/mol. The first-order chi connectivity index (χ1) is 12.1. The lowest BCUT2D eigenvalue weighted by Crippen LogP contribution is -2.36. The van der Waals surface area contributed by atoms with E-state index in [4.69, 9.17) is 4.42 Å². The van der Waals surface area contributed by atoms with E-state index in [0.717, 1.165) is 53.7 Å². The zero-order valence-corrected chi connectivity index (χ0v) is 14.8. The van der Waals surface area contributed by atoms with Crippen molar-refractivity contribution in [3.8, 4) is 0 Å². The third-order valence-corrected chi connectivity index (χ3v) is 7.20. The van der Waals surface area contributed by atoms with Crippen LogP contribution < -0.4 is 0 Å². The molecule has 0 spiro atoms. The van der Waals surface area contributed by atoms with Crippen LogP contribution in [0.4, 0.5) is 0 Å². The minimum Gasteiger partial charge on any atom is -0.451 e. The minimum atomic E-state index is -0.215. The van der Waals surface area contributed by atoms with Crippen LogP contribution in [0.25, 0.3) is 11.0 Å². The zero-order valence-electron chi connectivity index (χ0n) is 14.8. The van der Waals surface area contributed by atoms with Crippen molar-refractivity contribution >= 4 is 16.8 Å². The number of rotatable bonds is 3. The molecule has 1 N–H and O–H groups in total. The molecule has 4 nitrogen and oxygen atoms in total. The molecule has 4 heteroatoms. The predicted molar refractivity (Wildman–Crippen MR) is 94.2 cm³/mol. The van der Waals surface area contributed by atoms with Crippen molar-refractivity contribution in [1.29, 1.82) is 0 Å². The van der Waals surface area contributed by atoms with Gasteiger partial charge < -0.3 is 9.52 Å². The Hall–Kier alpha value is -1.68. The fourth-order valence-electron chi connectivity index (χ4n) is 6.15. The van der Waals surface area contributed by atoms with Gasteiger partial charge in [0.05, 0.1) is 12.3 Å². The van der Waals surface area contributed by atoms with Crippen molar-refractivity contribution in [3.05, 3.63) is 29.3 Å². The van der Waals surface area contributed by atoms with E-state index in [0.29, 0.717) is 11.3 Å². The molecule has 4 unspecified atom stereocenters. The summed E-state index contributed by atoms with van der Waals surface area (Å²) < 4.78 is 6.01. The highest BCUT2D eigenvalue weighted by atomic mass is 16.3. The second kappa shape index (κ2) is 5.41. The molecule has 3 bridgehead atoms. The lowest BCUT2D eigenvalue weighted by molar-refractivity contribution is 0.0582. The third kappa shape index (κ3) is 2.23. The summed E-state index contributed by atoms with van der Waals surface area (Å²) >= 11 is 0. The maximum Gasteiger partial charge on any atom is 0.204 e. The molecule has 3 aliphatic rings. The minimum absolute atomic E-state index is 0.0894. The number of ketones is 1. The summed E-state index contributed by atoms with van der Waals surface area (Å²) in [4.78, 5) is 17.8. The van der Waals surface area contributed by atoms with Crippen LogP contribution in [0.2, 0.25) is 0 Å². The number of carbonyl (C=O) groups excluding carboxylic acids is 1. The molecule has 2 heterocycles. The van der Waals surface area contributed by atoms with E-state index in [-0.39, 0.29) is 17.8 Å². The topological polar surface area (TPSA) is 63.3 Å². The van der Waals surface area contributed by atoms with Crippen LogP contribution in [0.15, 0.2) is 16.7 Å². The number of hydrogen-bond acceptors (Lipinski definition) is 4. The van der Waals surface area contributed by atoms with Gasteiger partial charge in [0.1, 0.15) is 0 Å². The molecule has 0 aromatic carbocycles. The van der Waals surface area contributed by atoms with Gasteiger partial charge in [-0.05, 0) is 62.8 Å². The standard InChI is InChI=1S/C21H25NO3/c1-12-19-17(16(11-23)10-22-12)7-18(25-19)20(24)21-4-2-3-14-5-13(8-21)6-15(14)9-21/h7,10,13-15,23H,2-6,8-9,11H2,1H3. The normalized spacial score (nSPS) is 33.8. The Morgan fingerprint density at radius 3 is 3.04 bits per heavy atom. The number of hydrogen-bond donors (Lipinski definition) is 1. The van der Waals surface area contributed by atoms with E-state index in [2.05, 4.69) is 4.98 Å². The van der Waals surface area contributed by atoms with Crippen LogP contribution in [0, 0.1) is 30.1 Å². The number of nitrogens with zero attached hydrogens (tertiary/aromatic N) is 1. The number of aliphatic hydroxyl groups is 1. The van der Waals surface area contributed by atoms with E-state index in [1.807, 2.05) is 13.0 Å². The van der Waals surface area contributed by atoms with Crippen LogP contribution in [-0.2, 0) is 6.61 Å². The van der Waals surface area contributed by atoms with Gasteiger partial charge in [-0.3, -0.25) is 9.78 Å². The quantitative estimate of drug-likeness (QED) is 0.841. The number of aliphatic hydroxyl groups excluding tert-OH is 1. The van der Waals surface area contributed by atoms with E-state index in [1.165, 1.54) is 25.7 Å². The van der Waals surface area contributed by atoms with Crippen molar-refractivity contribution < 1.29 is 14.3 Å². The monoisotopic (exact) mass is 339 g/mol. The molecule has 0 radical (unpaired) electrons. The summed E-state index contributed by atoms with van der Waals surface area (Å²) in [6, 6.07) is 1.85. The van der Waals surface area contributed by atoms with Gasteiger partial charge in [0, 0.05) is 22.6 Å². The molecular formula is C21H25NO3. The molecule has 132 valence electrons. The Kier molecular flexibility index (Phi) is 3.37. The SMILES string of the molecule is Cc1ncc(CO)c2cc(C(=O)C34CCCC5CC(CC5C3)C4)oc12. The first-order valence-corrected chi connectivity index (χ1v) is 9.63. The average Bonchev–Trinajstić information content (AvgIpc) is 3.13. The number of aryl methyl sites for hydroxylation is 1. The first kappa shape index (κ1) is 15.6. The van der Waals surface area contributed by atoms with Gasteiger partial charge in [0.15, 0.2) is 11.3 Å². The second-order valence-corrected chi connectivity index (χ2v) is 8.65. The lowest BCUT2D eigenvalue weighted by Gasteiger charge is -2.38. The van der Waals surface area contributed by atoms with Crippen molar-refractivity contribution in [2.75, 3.05) is 0 Å². The van der Waals surface area contributed by atoms with Gasteiger partial charge in [-0.25, -0.2) is 0 Å². The van der Waals surface area contributed by atoms with Gasteiger partial charge in [-0.2, -0.15) is 0 Å².